The summed E-state index contributed by atoms with van der Waals surface area (Å²) in [6.45, 7) is 0.418. The molecule has 25 heavy (non-hydrogen) atoms. The Balaban J connectivity index is 1.90. The van der Waals surface area contributed by atoms with Crippen LogP contribution in [-0.4, -0.2) is 10.2 Å². The number of hydrogen-bond acceptors (Lipinski definition) is 4. The third kappa shape index (κ3) is 4.95. The third-order valence-corrected chi connectivity index (χ3v) is 6.00. The molecule has 0 atom stereocenters. The molecule has 128 valence electrons. The van der Waals surface area contributed by atoms with Crippen molar-refractivity contribution in [3.05, 3.63) is 65.8 Å². The molecule has 1 N–H and O–H groups in total. The van der Waals surface area contributed by atoms with Crippen molar-refractivity contribution in [2.24, 2.45) is 0 Å². The van der Waals surface area contributed by atoms with Crippen molar-refractivity contribution in [2.75, 3.05) is 0 Å². The Morgan fingerprint density at radius 1 is 1.12 bits per heavy atom. The average Bonchev–Trinajstić information content (AvgIpc) is 2.85. The molecule has 1 amide bonds. The molecule has 0 unspecified atom stereocenters. The van der Waals surface area contributed by atoms with Crippen LogP contribution in [0.15, 0.2) is 54.7 Å². The highest BCUT2D eigenvalue weighted by atomic mass is 79.9. The van der Waals surface area contributed by atoms with Crippen LogP contribution in [0.4, 0.5) is 0 Å². The number of halogens is 3. The Kier molecular flexibility index (Phi) is 6.38. The van der Waals surface area contributed by atoms with Crippen molar-refractivity contribution in [2.45, 2.75) is 6.61 Å². The summed E-state index contributed by atoms with van der Waals surface area (Å²) in [6.07, 6.45) is 1.78. The first-order chi connectivity index (χ1) is 11.9. The molecule has 2 aromatic carbocycles. The van der Waals surface area contributed by atoms with Crippen molar-refractivity contribution in [3.8, 4) is 5.75 Å². The van der Waals surface area contributed by atoms with Gasteiger partial charge in [0, 0.05) is 14.5 Å². The maximum absolute atomic E-state index is 11.9. The minimum atomic E-state index is -0.190. The molecule has 1 saturated heterocycles. The molecule has 1 aliphatic heterocycles. The van der Waals surface area contributed by atoms with E-state index in [-0.39, 0.29) is 5.91 Å². The Morgan fingerprint density at radius 2 is 1.84 bits per heavy atom. The van der Waals surface area contributed by atoms with Gasteiger partial charge in [0.25, 0.3) is 5.91 Å². The van der Waals surface area contributed by atoms with Gasteiger partial charge < -0.3 is 10.1 Å². The van der Waals surface area contributed by atoms with Crippen molar-refractivity contribution in [1.82, 2.24) is 5.32 Å². The van der Waals surface area contributed by atoms with E-state index in [2.05, 4.69) is 53.1 Å². The van der Waals surface area contributed by atoms with E-state index in [0.29, 0.717) is 21.6 Å². The second-order valence-electron chi connectivity index (χ2n) is 5.07. The highest BCUT2D eigenvalue weighted by molar-refractivity contribution is 9.11. The van der Waals surface area contributed by atoms with Crippen LogP contribution in [0.2, 0.25) is 0 Å². The fraction of sp³-hybridized carbons (Fsp3) is 0.0588. The van der Waals surface area contributed by atoms with Gasteiger partial charge in [-0.1, -0.05) is 68.0 Å². The molecule has 1 heterocycles. The lowest BCUT2D eigenvalue weighted by molar-refractivity contribution is -0.115. The summed E-state index contributed by atoms with van der Waals surface area (Å²) in [5.74, 6) is 0.481. The zero-order valence-electron chi connectivity index (χ0n) is 12.5. The first kappa shape index (κ1) is 19.1. The van der Waals surface area contributed by atoms with E-state index in [9.17, 15) is 4.79 Å². The van der Waals surface area contributed by atoms with E-state index in [1.165, 1.54) is 11.8 Å². The van der Waals surface area contributed by atoms with E-state index < -0.39 is 0 Å². The Labute approximate surface area is 180 Å². The molecule has 0 spiro atoms. The van der Waals surface area contributed by atoms with Crippen LogP contribution in [0.1, 0.15) is 11.1 Å². The normalized spacial score (nSPS) is 15.6. The molecule has 0 aliphatic carbocycles. The molecule has 3 rings (SSSR count). The molecule has 0 saturated carbocycles. The average molecular weight is 564 g/mol. The van der Waals surface area contributed by atoms with Gasteiger partial charge in [0.15, 0.2) is 0 Å². The number of hydrogen-bond donors (Lipinski definition) is 1. The van der Waals surface area contributed by atoms with Gasteiger partial charge in [0.1, 0.15) is 16.7 Å². The van der Waals surface area contributed by atoms with Crippen LogP contribution in [0.5, 0.6) is 5.75 Å². The molecular formula is C17H10Br3NO2S2. The fourth-order valence-electron chi connectivity index (χ4n) is 2.14. The number of rotatable bonds is 4. The van der Waals surface area contributed by atoms with Gasteiger partial charge in [-0.05, 0) is 51.8 Å². The largest absolute Gasteiger partial charge is 0.487 e. The standard InChI is InChI=1S/C17H10Br3NO2S2/c18-11-3-1-9(2-4-11)8-23-15-10(5-12(19)7-13(15)20)6-14-16(22)21-17(24)25-14/h1-7H,8H2,(H,21,22,24)/b14-6-. The van der Waals surface area contributed by atoms with Crippen LogP contribution in [0, 0.1) is 0 Å². The smallest absolute Gasteiger partial charge is 0.263 e. The lowest BCUT2D eigenvalue weighted by Gasteiger charge is -2.13. The molecule has 3 nitrogen and oxygen atoms in total. The summed E-state index contributed by atoms with van der Waals surface area (Å²) in [5.41, 5.74) is 1.84. The monoisotopic (exact) mass is 561 g/mol. The second kappa shape index (κ2) is 8.35. The lowest BCUT2D eigenvalue weighted by Crippen LogP contribution is -2.17. The number of carbonyl (C=O) groups is 1. The number of benzene rings is 2. The van der Waals surface area contributed by atoms with Crippen molar-refractivity contribution in [1.29, 1.82) is 0 Å². The van der Waals surface area contributed by atoms with Crippen molar-refractivity contribution < 1.29 is 9.53 Å². The minimum Gasteiger partial charge on any atom is -0.487 e. The number of thioether (sulfide) groups is 1. The number of carbonyl (C=O) groups excluding carboxylic acids is 1. The highest BCUT2D eigenvalue weighted by Gasteiger charge is 2.23. The van der Waals surface area contributed by atoms with Crippen LogP contribution >= 0.6 is 71.8 Å². The first-order valence-electron chi connectivity index (χ1n) is 7.03. The second-order valence-corrected chi connectivity index (χ2v) is 9.48. The number of amides is 1. The molecule has 8 heteroatoms. The molecular weight excluding hydrogens is 554 g/mol. The van der Waals surface area contributed by atoms with E-state index in [1.54, 1.807) is 6.08 Å². The van der Waals surface area contributed by atoms with Crippen molar-refractivity contribution >= 4 is 88.1 Å². The first-order valence-corrected chi connectivity index (χ1v) is 10.6. The zero-order valence-corrected chi connectivity index (χ0v) is 18.9. The van der Waals surface area contributed by atoms with Crippen molar-refractivity contribution in [3.63, 3.8) is 0 Å². The van der Waals surface area contributed by atoms with Gasteiger partial charge >= 0.3 is 0 Å². The SMILES string of the molecule is O=C1NC(=S)S/C1=C\c1cc(Br)cc(Br)c1OCc1ccc(Br)cc1. The summed E-state index contributed by atoms with van der Waals surface area (Å²) < 4.78 is 9.19. The molecule has 1 aliphatic rings. The van der Waals surface area contributed by atoms with Crippen LogP contribution in [0.3, 0.4) is 0 Å². The van der Waals surface area contributed by atoms with E-state index >= 15 is 0 Å². The quantitative estimate of drug-likeness (QED) is 0.363. The summed E-state index contributed by atoms with van der Waals surface area (Å²) >= 11 is 16.7. The maximum Gasteiger partial charge on any atom is 0.263 e. The van der Waals surface area contributed by atoms with Crippen LogP contribution in [-0.2, 0) is 11.4 Å². The maximum atomic E-state index is 11.9. The van der Waals surface area contributed by atoms with Gasteiger partial charge in [0.2, 0.25) is 0 Å². The third-order valence-electron chi connectivity index (χ3n) is 3.26. The highest BCUT2D eigenvalue weighted by Crippen LogP contribution is 2.37. The van der Waals surface area contributed by atoms with Gasteiger partial charge in [-0.25, -0.2) is 0 Å². The van der Waals surface area contributed by atoms with Crippen LogP contribution < -0.4 is 10.1 Å². The molecule has 1 fully saturated rings. The minimum absolute atomic E-state index is 0.190. The van der Waals surface area contributed by atoms with E-state index in [1.807, 2.05) is 36.4 Å². The zero-order chi connectivity index (χ0) is 18.0. The topological polar surface area (TPSA) is 38.3 Å². The Bertz CT molecular complexity index is 882. The summed E-state index contributed by atoms with van der Waals surface area (Å²) in [6, 6.07) is 11.7. The number of thiocarbonyl (C=S) groups is 1. The Morgan fingerprint density at radius 3 is 2.48 bits per heavy atom. The summed E-state index contributed by atoms with van der Waals surface area (Å²) in [4.78, 5) is 12.5. The predicted molar refractivity (Wildman–Crippen MR) is 117 cm³/mol. The predicted octanol–water partition coefficient (Wildman–Crippen LogP) is 6.04. The fourth-order valence-corrected chi connectivity index (χ4v) is 4.81. The molecule has 2 aromatic rings. The number of ether oxygens (including phenoxy) is 1. The molecule has 0 bridgehead atoms. The lowest BCUT2D eigenvalue weighted by atomic mass is 10.1. The number of nitrogens with one attached hydrogen (secondary N) is 1. The van der Waals surface area contributed by atoms with E-state index in [4.69, 9.17) is 17.0 Å². The molecule has 0 radical (unpaired) electrons. The summed E-state index contributed by atoms with van der Waals surface area (Å²) in [5, 5.41) is 2.62. The molecule has 0 aromatic heterocycles. The van der Waals surface area contributed by atoms with E-state index in [0.717, 1.165) is 24.5 Å². The van der Waals surface area contributed by atoms with Gasteiger partial charge in [-0.3, -0.25) is 4.79 Å². The van der Waals surface area contributed by atoms with Gasteiger partial charge in [0.05, 0.1) is 9.38 Å². The summed E-state index contributed by atoms with van der Waals surface area (Å²) in [7, 11) is 0. The van der Waals surface area contributed by atoms with Gasteiger partial charge in [-0.15, -0.1) is 0 Å². The van der Waals surface area contributed by atoms with Crippen LogP contribution in [0.25, 0.3) is 6.08 Å². The van der Waals surface area contributed by atoms with Gasteiger partial charge in [-0.2, -0.15) is 0 Å². The Hall–Kier alpha value is -0.670.